The van der Waals surface area contributed by atoms with E-state index in [2.05, 4.69) is 17.2 Å². The summed E-state index contributed by atoms with van der Waals surface area (Å²) in [6, 6.07) is 5.88. The maximum atomic E-state index is 6.21. The smallest absolute Gasteiger partial charge is 0.142 e. The number of halogens is 2. The molecule has 0 radical (unpaired) electrons. The molecule has 0 bridgehead atoms. The molecule has 1 aromatic carbocycles. The zero-order chi connectivity index (χ0) is 14.8. The van der Waals surface area contributed by atoms with Gasteiger partial charge in [-0.05, 0) is 36.2 Å². The quantitative estimate of drug-likeness (QED) is 0.914. The molecule has 0 amide bonds. The Balaban J connectivity index is 1.81. The maximum Gasteiger partial charge on any atom is 0.142 e. The summed E-state index contributed by atoms with van der Waals surface area (Å²) < 4.78 is 5.67. The third-order valence-corrected chi connectivity index (χ3v) is 4.24. The van der Waals surface area contributed by atoms with Gasteiger partial charge in [0.25, 0.3) is 0 Å². The number of ether oxygens (including phenoxy) is 1. The van der Waals surface area contributed by atoms with Crippen molar-refractivity contribution in [2.75, 3.05) is 6.61 Å². The van der Waals surface area contributed by atoms with E-state index in [-0.39, 0.29) is 6.04 Å². The van der Waals surface area contributed by atoms with Crippen LogP contribution in [0.3, 0.4) is 0 Å². The molecule has 0 saturated heterocycles. The number of aryl methyl sites for hydroxylation is 1. The molecule has 3 rings (SSSR count). The van der Waals surface area contributed by atoms with Crippen molar-refractivity contribution in [3.05, 3.63) is 57.3 Å². The summed E-state index contributed by atoms with van der Waals surface area (Å²) in [6.45, 7) is 3.50. The number of hydrogen-bond acceptors (Lipinski definition) is 3. The summed E-state index contributed by atoms with van der Waals surface area (Å²) >= 11 is 12.3. The van der Waals surface area contributed by atoms with Crippen LogP contribution in [0.2, 0.25) is 10.0 Å². The first-order valence-electron chi connectivity index (χ1n) is 6.90. The van der Waals surface area contributed by atoms with Crippen LogP contribution in [0.1, 0.15) is 29.2 Å². The van der Waals surface area contributed by atoms with Crippen LogP contribution >= 0.6 is 23.2 Å². The van der Waals surface area contributed by atoms with Gasteiger partial charge in [0, 0.05) is 42.0 Å². The van der Waals surface area contributed by atoms with E-state index < -0.39 is 0 Å². The lowest BCUT2D eigenvalue weighted by Crippen LogP contribution is -2.27. The Bertz CT molecular complexity index is 661. The van der Waals surface area contributed by atoms with Crippen LogP contribution in [0.4, 0.5) is 0 Å². The normalized spacial score (nSPS) is 17.2. The molecule has 0 fully saturated rings. The fourth-order valence-electron chi connectivity index (χ4n) is 2.57. The van der Waals surface area contributed by atoms with Crippen molar-refractivity contribution in [1.82, 2.24) is 10.3 Å². The Morgan fingerprint density at radius 1 is 1.38 bits per heavy atom. The zero-order valence-corrected chi connectivity index (χ0v) is 13.2. The number of pyridine rings is 1. The fraction of sp³-hybridized carbons (Fsp3) is 0.312. The standard InChI is InChI=1S/C16H16Cl2N2O/c1-10-8-19-4-2-11(10)9-20-15-3-5-21-16-13(15)6-12(17)7-14(16)18/h2,4,6-8,15,20H,3,5,9H2,1H3. The van der Waals surface area contributed by atoms with Gasteiger partial charge in [-0.15, -0.1) is 0 Å². The molecule has 1 unspecified atom stereocenters. The Labute approximate surface area is 134 Å². The Morgan fingerprint density at radius 2 is 2.24 bits per heavy atom. The molecule has 1 N–H and O–H groups in total. The Morgan fingerprint density at radius 3 is 3.05 bits per heavy atom. The van der Waals surface area contributed by atoms with Crippen LogP contribution in [0, 0.1) is 6.92 Å². The van der Waals surface area contributed by atoms with Gasteiger partial charge in [0.15, 0.2) is 0 Å². The summed E-state index contributed by atoms with van der Waals surface area (Å²) in [6.07, 6.45) is 4.59. The summed E-state index contributed by atoms with van der Waals surface area (Å²) in [7, 11) is 0. The Hall–Kier alpha value is -1.29. The van der Waals surface area contributed by atoms with E-state index in [1.54, 1.807) is 6.07 Å². The van der Waals surface area contributed by atoms with E-state index in [1.165, 1.54) is 11.1 Å². The summed E-state index contributed by atoms with van der Waals surface area (Å²) in [5, 5.41) is 4.77. The summed E-state index contributed by atoms with van der Waals surface area (Å²) in [4.78, 5) is 4.12. The topological polar surface area (TPSA) is 34.2 Å². The van der Waals surface area contributed by atoms with Gasteiger partial charge in [0.1, 0.15) is 5.75 Å². The van der Waals surface area contributed by atoms with Gasteiger partial charge in [-0.3, -0.25) is 4.98 Å². The predicted octanol–water partition coefficient (Wildman–Crippen LogP) is 4.31. The summed E-state index contributed by atoms with van der Waals surface area (Å²) in [5.41, 5.74) is 3.46. The highest BCUT2D eigenvalue weighted by molar-refractivity contribution is 6.35. The molecule has 1 atom stereocenters. The number of rotatable bonds is 3. The second kappa shape index (κ2) is 6.22. The highest BCUT2D eigenvalue weighted by Crippen LogP contribution is 2.40. The maximum absolute atomic E-state index is 6.21. The first kappa shape index (κ1) is 14.6. The van der Waals surface area contributed by atoms with Crippen molar-refractivity contribution in [2.45, 2.75) is 25.9 Å². The molecule has 0 spiro atoms. The molecule has 2 heterocycles. The minimum absolute atomic E-state index is 0.192. The van der Waals surface area contributed by atoms with Crippen LogP contribution in [-0.4, -0.2) is 11.6 Å². The Kier molecular flexibility index (Phi) is 4.34. The van der Waals surface area contributed by atoms with Crippen molar-refractivity contribution in [3.8, 4) is 5.75 Å². The molecule has 1 aliphatic heterocycles. The monoisotopic (exact) mass is 322 g/mol. The van der Waals surface area contributed by atoms with Crippen molar-refractivity contribution >= 4 is 23.2 Å². The average molecular weight is 323 g/mol. The van der Waals surface area contributed by atoms with Gasteiger partial charge in [0.2, 0.25) is 0 Å². The SMILES string of the molecule is Cc1cnccc1CNC1CCOc2c(Cl)cc(Cl)cc21. The molecule has 1 aromatic heterocycles. The van der Waals surface area contributed by atoms with Crippen molar-refractivity contribution in [1.29, 1.82) is 0 Å². The first-order chi connectivity index (χ1) is 10.1. The van der Waals surface area contributed by atoms with Crippen LogP contribution in [0.25, 0.3) is 0 Å². The lowest BCUT2D eigenvalue weighted by Gasteiger charge is -2.28. The number of hydrogen-bond donors (Lipinski definition) is 1. The van der Waals surface area contributed by atoms with E-state index in [0.29, 0.717) is 16.7 Å². The number of benzene rings is 1. The third-order valence-electron chi connectivity index (χ3n) is 3.74. The lowest BCUT2D eigenvalue weighted by atomic mass is 10.00. The van der Waals surface area contributed by atoms with Crippen LogP contribution < -0.4 is 10.1 Å². The lowest BCUT2D eigenvalue weighted by molar-refractivity contribution is 0.252. The second-order valence-corrected chi connectivity index (χ2v) is 6.02. The fourth-order valence-corrected chi connectivity index (χ4v) is 3.14. The van der Waals surface area contributed by atoms with Gasteiger partial charge in [-0.1, -0.05) is 23.2 Å². The van der Waals surface area contributed by atoms with Gasteiger partial charge in [-0.25, -0.2) is 0 Å². The molecular formula is C16H16Cl2N2O. The number of fused-ring (bicyclic) bond motifs is 1. The molecule has 5 heteroatoms. The van der Waals surface area contributed by atoms with Crippen molar-refractivity contribution < 1.29 is 4.74 Å². The first-order valence-corrected chi connectivity index (χ1v) is 7.65. The van der Waals surface area contributed by atoms with Crippen LogP contribution in [0.5, 0.6) is 5.75 Å². The van der Waals surface area contributed by atoms with Gasteiger partial charge in [-0.2, -0.15) is 0 Å². The van der Waals surface area contributed by atoms with E-state index in [0.717, 1.165) is 24.3 Å². The highest BCUT2D eigenvalue weighted by atomic mass is 35.5. The van der Waals surface area contributed by atoms with E-state index in [1.807, 2.05) is 24.5 Å². The van der Waals surface area contributed by atoms with Gasteiger partial charge < -0.3 is 10.1 Å². The predicted molar refractivity (Wildman–Crippen MR) is 85.1 cm³/mol. The highest BCUT2D eigenvalue weighted by Gasteiger charge is 2.24. The molecule has 0 aliphatic carbocycles. The van der Waals surface area contributed by atoms with E-state index in [9.17, 15) is 0 Å². The molecule has 1 aliphatic rings. The summed E-state index contributed by atoms with van der Waals surface area (Å²) in [5.74, 6) is 0.747. The number of nitrogens with zero attached hydrogens (tertiary/aromatic N) is 1. The van der Waals surface area contributed by atoms with Gasteiger partial charge >= 0.3 is 0 Å². The largest absolute Gasteiger partial charge is 0.492 e. The minimum atomic E-state index is 0.192. The minimum Gasteiger partial charge on any atom is -0.492 e. The number of nitrogens with one attached hydrogen (secondary N) is 1. The van der Waals surface area contributed by atoms with Crippen molar-refractivity contribution in [3.63, 3.8) is 0 Å². The molecule has 3 nitrogen and oxygen atoms in total. The number of aromatic nitrogens is 1. The van der Waals surface area contributed by atoms with Crippen LogP contribution in [0.15, 0.2) is 30.6 Å². The second-order valence-electron chi connectivity index (χ2n) is 5.18. The zero-order valence-electron chi connectivity index (χ0n) is 11.7. The van der Waals surface area contributed by atoms with E-state index >= 15 is 0 Å². The average Bonchev–Trinajstić information content (AvgIpc) is 2.46. The molecular weight excluding hydrogens is 307 g/mol. The third kappa shape index (κ3) is 3.15. The molecule has 110 valence electrons. The molecule has 2 aromatic rings. The van der Waals surface area contributed by atoms with E-state index in [4.69, 9.17) is 27.9 Å². The van der Waals surface area contributed by atoms with Crippen LogP contribution in [-0.2, 0) is 6.54 Å². The van der Waals surface area contributed by atoms with Gasteiger partial charge in [0.05, 0.1) is 11.6 Å². The molecule has 21 heavy (non-hydrogen) atoms. The van der Waals surface area contributed by atoms with Crippen molar-refractivity contribution in [2.24, 2.45) is 0 Å². The molecule has 0 saturated carbocycles.